The standard InChI is InChI=1S/C17H22N2/c1-12-8-13(2)10-16(9-12)15(4)18-11-17-7-5-6-14(3)19-17/h5-10,15,18H,11H2,1-4H3. The third kappa shape index (κ3) is 3.90. The van der Waals surface area contributed by atoms with Crippen LogP contribution in [0.25, 0.3) is 0 Å². The molecule has 1 aromatic carbocycles. The number of nitrogens with one attached hydrogen (secondary N) is 1. The maximum Gasteiger partial charge on any atom is 0.0545 e. The number of pyridine rings is 1. The number of rotatable bonds is 4. The maximum absolute atomic E-state index is 4.51. The molecule has 2 rings (SSSR count). The van der Waals surface area contributed by atoms with Crippen molar-refractivity contribution in [3.05, 3.63) is 64.5 Å². The number of benzene rings is 1. The van der Waals surface area contributed by atoms with Crippen molar-refractivity contribution in [3.8, 4) is 0 Å². The molecule has 1 unspecified atom stereocenters. The van der Waals surface area contributed by atoms with Crippen molar-refractivity contribution in [1.29, 1.82) is 0 Å². The second-order valence-electron chi connectivity index (χ2n) is 5.29. The van der Waals surface area contributed by atoms with Gasteiger partial charge in [0.2, 0.25) is 0 Å². The van der Waals surface area contributed by atoms with Gasteiger partial charge in [0.05, 0.1) is 5.69 Å². The van der Waals surface area contributed by atoms with Crippen LogP contribution in [0.4, 0.5) is 0 Å². The highest BCUT2D eigenvalue weighted by Gasteiger charge is 2.06. The number of hydrogen-bond donors (Lipinski definition) is 1. The molecule has 0 saturated heterocycles. The van der Waals surface area contributed by atoms with E-state index >= 15 is 0 Å². The molecule has 2 nitrogen and oxygen atoms in total. The molecule has 0 spiro atoms. The van der Waals surface area contributed by atoms with Crippen LogP contribution in [-0.2, 0) is 6.54 Å². The Morgan fingerprint density at radius 3 is 2.37 bits per heavy atom. The van der Waals surface area contributed by atoms with Crippen LogP contribution in [0.1, 0.15) is 41.0 Å². The van der Waals surface area contributed by atoms with Crippen LogP contribution in [0.15, 0.2) is 36.4 Å². The van der Waals surface area contributed by atoms with Crippen LogP contribution >= 0.6 is 0 Å². The number of nitrogens with zero attached hydrogens (tertiary/aromatic N) is 1. The summed E-state index contributed by atoms with van der Waals surface area (Å²) in [5.41, 5.74) is 6.13. The van der Waals surface area contributed by atoms with Gasteiger partial charge in [-0.3, -0.25) is 4.98 Å². The molecule has 1 atom stereocenters. The van der Waals surface area contributed by atoms with Gasteiger partial charge in [0.25, 0.3) is 0 Å². The van der Waals surface area contributed by atoms with Gasteiger partial charge in [-0.2, -0.15) is 0 Å². The lowest BCUT2D eigenvalue weighted by Gasteiger charge is -2.15. The molecule has 0 aliphatic rings. The van der Waals surface area contributed by atoms with Crippen molar-refractivity contribution < 1.29 is 0 Å². The molecule has 0 bridgehead atoms. The molecule has 0 fully saturated rings. The van der Waals surface area contributed by atoms with Gasteiger partial charge in [-0.1, -0.05) is 35.4 Å². The van der Waals surface area contributed by atoms with E-state index in [0.717, 1.165) is 17.9 Å². The Bertz CT molecular complexity index is 541. The summed E-state index contributed by atoms with van der Waals surface area (Å²) in [5.74, 6) is 0. The number of aryl methyl sites for hydroxylation is 3. The minimum atomic E-state index is 0.334. The Labute approximate surface area is 115 Å². The van der Waals surface area contributed by atoms with Crippen molar-refractivity contribution in [3.63, 3.8) is 0 Å². The first-order chi connectivity index (χ1) is 9.04. The molecule has 1 heterocycles. The lowest BCUT2D eigenvalue weighted by atomic mass is 10.0. The van der Waals surface area contributed by atoms with E-state index in [9.17, 15) is 0 Å². The molecule has 0 radical (unpaired) electrons. The minimum Gasteiger partial charge on any atom is -0.305 e. The summed E-state index contributed by atoms with van der Waals surface area (Å²) in [6.07, 6.45) is 0. The van der Waals surface area contributed by atoms with Crippen LogP contribution < -0.4 is 5.32 Å². The molecule has 19 heavy (non-hydrogen) atoms. The molecular weight excluding hydrogens is 232 g/mol. The second-order valence-corrected chi connectivity index (χ2v) is 5.29. The molecule has 0 amide bonds. The summed E-state index contributed by atoms with van der Waals surface area (Å²) in [6, 6.07) is 13.2. The maximum atomic E-state index is 4.51. The van der Waals surface area contributed by atoms with Crippen molar-refractivity contribution in [1.82, 2.24) is 10.3 Å². The Balaban J connectivity index is 2.03. The van der Waals surface area contributed by atoms with E-state index in [0.29, 0.717) is 6.04 Å². The molecule has 2 aromatic rings. The zero-order valence-electron chi connectivity index (χ0n) is 12.2. The first-order valence-electron chi connectivity index (χ1n) is 6.79. The fourth-order valence-electron chi connectivity index (χ4n) is 2.33. The van der Waals surface area contributed by atoms with Gasteiger partial charge in [-0.25, -0.2) is 0 Å². The van der Waals surface area contributed by atoms with Crippen LogP contribution in [0.2, 0.25) is 0 Å². The highest BCUT2D eigenvalue weighted by molar-refractivity contribution is 5.30. The number of hydrogen-bond acceptors (Lipinski definition) is 2. The van der Waals surface area contributed by atoms with Gasteiger partial charge in [0.15, 0.2) is 0 Å². The Morgan fingerprint density at radius 2 is 1.74 bits per heavy atom. The second kappa shape index (κ2) is 5.98. The van der Waals surface area contributed by atoms with Gasteiger partial charge in [0, 0.05) is 18.3 Å². The van der Waals surface area contributed by atoms with E-state index in [1.165, 1.54) is 16.7 Å². The van der Waals surface area contributed by atoms with E-state index in [1.54, 1.807) is 0 Å². The van der Waals surface area contributed by atoms with Crippen molar-refractivity contribution in [2.24, 2.45) is 0 Å². The first kappa shape index (κ1) is 13.8. The predicted octanol–water partition coefficient (Wildman–Crippen LogP) is 3.86. The molecule has 2 heteroatoms. The third-order valence-corrected chi connectivity index (χ3v) is 3.28. The predicted molar refractivity (Wildman–Crippen MR) is 80.1 cm³/mol. The smallest absolute Gasteiger partial charge is 0.0545 e. The van der Waals surface area contributed by atoms with Crippen LogP contribution in [0.3, 0.4) is 0 Å². The normalized spacial score (nSPS) is 12.4. The average Bonchev–Trinajstić information content (AvgIpc) is 2.35. The zero-order chi connectivity index (χ0) is 13.8. The van der Waals surface area contributed by atoms with Gasteiger partial charge in [-0.15, -0.1) is 0 Å². The lowest BCUT2D eigenvalue weighted by Crippen LogP contribution is -2.19. The van der Waals surface area contributed by atoms with Crippen molar-refractivity contribution in [2.75, 3.05) is 0 Å². The molecule has 1 N–H and O–H groups in total. The van der Waals surface area contributed by atoms with E-state index in [1.807, 2.05) is 13.0 Å². The monoisotopic (exact) mass is 254 g/mol. The van der Waals surface area contributed by atoms with Gasteiger partial charge >= 0.3 is 0 Å². The summed E-state index contributed by atoms with van der Waals surface area (Å²) in [5, 5.41) is 3.53. The quantitative estimate of drug-likeness (QED) is 0.896. The SMILES string of the molecule is Cc1cc(C)cc(C(C)NCc2cccc(C)n2)c1. The fourth-order valence-corrected chi connectivity index (χ4v) is 2.33. The lowest BCUT2D eigenvalue weighted by molar-refractivity contribution is 0.566. The summed E-state index contributed by atoms with van der Waals surface area (Å²) < 4.78 is 0. The van der Waals surface area contributed by atoms with E-state index in [4.69, 9.17) is 0 Å². The summed E-state index contributed by atoms with van der Waals surface area (Å²) in [6.45, 7) is 9.31. The van der Waals surface area contributed by atoms with E-state index in [2.05, 4.69) is 61.4 Å². The molecule has 0 aliphatic heterocycles. The molecular formula is C17H22N2. The summed E-state index contributed by atoms with van der Waals surface area (Å²) in [4.78, 5) is 4.51. The topological polar surface area (TPSA) is 24.9 Å². The van der Waals surface area contributed by atoms with Gasteiger partial charge in [0.1, 0.15) is 0 Å². The molecule has 100 valence electrons. The number of aromatic nitrogens is 1. The Morgan fingerprint density at radius 1 is 1.05 bits per heavy atom. The molecule has 0 aliphatic carbocycles. The minimum absolute atomic E-state index is 0.334. The van der Waals surface area contributed by atoms with E-state index < -0.39 is 0 Å². The fraction of sp³-hybridized carbons (Fsp3) is 0.353. The van der Waals surface area contributed by atoms with Crippen LogP contribution in [0, 0.1) is 20.8 Å². The third-order valence-electron chi connectivity index (χ3n) is 3.28. The molecule has 1 aromatic heterocycles. The average molecular weight is 254 g/mol. The van der Waals surface area contributed by atoms with Gasteiger partial charge < -0.3 is 5.32 Å². The molecule has 0 saturated carbocycles. The largest absolute Gasteiger partial charge is 0.305 e. The van der Waals surface area contributed by atoms with Crippen LogP contribution in [-0.4, -0.2) is 4.98 Å². The summed E-state index contributed by atoms with van der Waals surface area (Å²) >= 11 is 0. The van der Waals surface area contributed by atoms with Gasteiger partial charge in [-0.05, 0) is 45.4 Å². The highest BCUT2D eigenvalue weighted by atomic mass is 14.9. The van der Waals surface area contributed by atoms with E-state index in [-0.39, 0.29) is 0 Å². The zero-order valence-corrected chi connectivity index (χ0v) is 12.2. The van der Waals surface area contributed by atoms with Crippen LogP contribution in [0.5, 0.6) is 0 Å². The van der Waals surface area contributed by atoms with Crippen molar-refractivity contribution in [2.45, 2.75) is 40.3 Å². The highest BCUT2D eigenvalue weighted by Crippen LogP contribution is 2.17. The summed E-state index contributed by atoms with van der Waals surface area (Å²) in [7, 11) is 0. The Kier molecular flexibility index (Phi) is 4.33. The first-order valence-corrected chi connectivity index (χ1v) is 6.79. The van der Waals surface area contributed by atoms with Crippen molar-refractivity contribution >= 4 is 0 Å². The Hall–Kier alpha value is -1.67.